The Balaban J connectivity index is 2.75. The molecule has 0 bridgehead atoms. The summed E-state index contributed by atoms with van der Waals surface area (Å²) in [6, 6.07) is 0. The Morgan fingerprint density at radius 2 is 1.95 bits per heavy atom. The van der Waals surface area contributed by atoms with Gasteiger partial charge in [0.1, 0.15) is 5.60 Å². The molecule has 1 fully saturated rings. The largest absolute Gasteiger partial charge is 0.465 e. The first-order chi connectivity index (χ1) is 10.1. The van der Waals surface area contributed by atoms with Crippen LogP contribution in [0.15, 0.2) is 0 Å². The second kappa shape index (κ2) is 7.92. The minimum atomic E-state index is -0.933. The van der Waals surface area contributed by atoms with Crippen molar-refractivity contribution in [3.63, 3.8) is 0 Å². The van der Waals surface area contributed by atoms with Crippen molar-refractivity contribution in [2.24, 2.45) is 11.8 Å². The molecule has 1 aliphatic rings. The van der Waals surface area contributed by atoms with E-state index in [0.29, 0.717) is 13.1 Å². The summed E-state index contributed by atoms with van der Waals surface area (Å²) in [5, 5.41) is 9.58. The Hall–Kier alpha value is -1.14. The van der Waals surface area contributed by atoms with Crippen molar-refractivity contribution in [2.75, 3.05) is 26.2 Å². The van der Waals surface area contributed by atoms with E-state index in [1.54, 1.807) is 27.7 Å². The zero-order valence-electron chi connectivity index (χ0n) is 14.3. The molecule has 1 aliphatic heterocycles. The smallest absolute Gasteiger partial charge is 0.321 e. The third kappa shape index (κ3) is 5.93. The SMILES string of the molecule is CCOC(=O)[C@H](C(=O)OC(C)(C)C)[C@@H](C)CN1CC[C@@H](O)C1. The van der Waals surface area contributed by atoms with Gasteiger partial charge < -0.3 is 19.5 Å². The molecule has 1 heterocycles. The van der Waals surface area contributed by atoms with Gasteiger partial charge in [0.15, 0.2) is 5.92 Å². The standard InChI is InChI=1S/C16H29NO5/c1-6-21-14(19)13(15(20)22-16(3,4)5)11(2)9-17-8-7-12(18)10-17/h11-13,18H,6-10H2,1-5H3/t11-,12+,13+/m0/s1. The van der Waals surface area contributed by atoms with Crippen molar-refractivity contribution < 1.29 is 24.2 Å². The number of carbonyl (C=O) groups excluding carboxylic acids is 2. The van der Waals surface area contributed by atoms with E-state index in [-0.39, 0.29) is 18.6 Å². The van der Waals surface area contributed by atoms with Gasteiger partial charge in [-0.15, -0.1) is 0 Å². The number of rotatable bonds is 6. The minimum absolute atomic E-state index is 0.229. The molecular formula is C16H29NO5. The van der Waals surface area contributed by atoms with Gasteiger partial charge in [0.2, 0.25) is 0 Å². The summed E-state index contributed by atoms with van der Waals surface area (Å²) >= 11 is 0. The van der Waals surface area contributed by atoms with Crippen LogP contribution in [-0.4, -0.2) is 59.9 Å². The summed E-state index contributed by atoms with van der Waals surface area (Å²) in [5.41, 5.74) is -0.647. The molecule has 1 rings (SSSR count). The van der Waals surface area contributed by atoms with Crippen molar-refractivity contribution >= 4 is 11.9 Å². The first kappa shape index (κ1) is 18.9. The molecular weight excluding hydrogens is 286 g/mol. The van der Waals surface area contributed by atoms with Crippen molar-refractivity contribution in [2.45, 2.75) is 52.7 Å². The Morgan fingerprint density at radius 3 is 2.41 bits per heavy atom. The molecule has 0 spiro atoms. The predicted molar refractivity (Wildman–Crippen MR) is 82.2 cm³/mol. The van der Waals surface area contributed by atoms with Crippen LogP contribution in [0, 0.1) is 11.8 Å². The lowest BCUT2D eigenvalue weighted by molar-refractivity contribution is -0.171. The van der Waals surface area contributed by atoms with Crippen LogP contribution in [-0.2, 0) is 19.1 Å². The molecule has 0 unspecified atom stereocenters. The molecule has 0 saturated carbocycles. The van der Waals surface area contributed by atoms with E-state index in [1.165, 1.54) is 0 Å². The molecule has 3 atom stereocenters. The van der Waals surface area contributed by atoms with Crippen LogP contribution in [0.3, 0.4) is 0 Å². The molecule has 0 amide bonds. The first-order valence-corrected chi connectivity index (χ1v) is 7.94. The maximum absolute atomic E-state index is 12.4. The van der Waals surface area contributed by atoms with E-state index in [4.69, 9.17) is 9.47 Å². The monoisotopic (exact) mass is 315 g/mol. The fraction of sp³-hybridized carbons (Fsp3) is 0.875. The van der Waals surface area contributed by atoms with Crippen LogP contribution >= 0.6 is 0 Å². The molecule has 1 saturated heterocycles. The van der Waals surface area contributed by atoms with Gasteiger partial charge in [0.05, 0.1) is 12.7 Å². The van der Waals surface area contributed by atoms with E-state index in [9.17, 15) is 14.7 Å². The van der Waals surface area contributed by atoms with Crippen molar-refractivity contribution in [3.8, 4) is 0 Å². The number of aliphatic hydroxyl groups is 1. The van der Waals surface area contributed by atoms with Crippen LogP contribution in [0.2, 0.25) is 0 Å². The summed E-state index contributed by atoms with van der Waals surface area (Å²) in [6.45, 7) is 11.0. The molecule has 1 N–H and O–H groups in total. The zero-order chi connectivity index (χ0) is 16.9. The van der Waals surface area contributed by atoms with E-state index in [2.05, 4.69) is 4.90 Å². The van der Waals surface area contributed by atoms with Crippen LogP contribution < -0.4 is 0 Å². The van der Waals surface area contributed by atoms with Crippen LogP contribution in [0.4, 0.5) is 0 Å². The van der Waals surface area contributed by atoms with Crippen LogP contribution in [0.5, 0.6) is 0 Å². The highest BCUT2D eigenvalue weighted by Crippen LogP contribution is 2.22. The number of aliphatic hydroxyl groups excluding tert-OH is 1. The molecule has 0 aromatic rings. The third-order valence-electron chi connectivity index (χ3n) is 3.56. The van der Waals surface area contributed by atoms with Crippen LogP contribution in [0.25, 0.3) is 0 Å². The van der Waals surface area contributed by atoms with Crippen molar-refractivity contribution in [1.29, 1.82) is 0 Å². The van der Waals surface area contributed by atoms with Crippen molar-refractivity contribution in [1.82, 2.24) is 4.90 Å². The Bertz CT molecular complexity index is 390. The topological polar surface area (TPSA) is 76.1 Å². The van der Waals surface area contributed by atoms with Crippen LogP contribution in [0.1, 0.15) is 41.0 Å². The van der Waals surface area contributed by atoms with E-state index < -0.39 is 23.5 Å². The van der Waals surface area contributed by atoms with Gasteiger partial charge in [-0.1, -0.05) is 6.92 Å². The quantitative estimate of drug-likeness (QED) is 0.586. The fourth-order valence-electron chi connectivity index (χ4n) is 2.65. The molecule has 6 nitrogen and oxygen atoms in total. The van der Waals surface area contributed by atoms with Gasteiger partial charge in [-0.25, -0.2) is 0 Å². The molecule has 6 heteroatoms. The summed E-state index contributed by atoms with van der Waals surface area (Å²) in [4.78, 5) is 26.6. The zero-order valence-corrected chi connectivity index (χ0v) is 14.3. The predicted octanol–water partition coefficient (Wildman–Crippen LogP) is 1.21. The minimum Gasteiger partial charge on any atom is -0.465 e. The average Bonchev–Trinajstić information content (AvgIpc) is 2.72. The van der Waals surface area contributed by atoms with E-state index >= 15 is 0 Å². The normalized spacial score (nSPS) is 22.2. The number of hydrogen-bond donors (Lipinski definition) is 1. The molecule has 0 aromatic heterocycles. The van der Waals surface area contributed by atoms with Gasteiger partial charge in [-0.05, 0) is 40.0 Å². The number of esters is 2. The highest BCUT2D eigenvalue weighted by molar-refractivity contribution is 5.95. The van der Waals surface area contributed by atoms with E-state index in [1.807, 2.05) is 6.92 Å². The summed E-state index contributed by atoms with van der Waals surface area (Å²) in [5.74, 6) is -2.25. The fourth-order valence-corrected chi connectivity index (χ4v) is 2.65. The van der Waals surface area contributed by atoms with Gasteiger partial charge in [-0.3, -0.25) is 9.59 Å². The van der Waals surface area contributed by atoms with Gasteiger partial charge in [0.25, 0.3) is 0 Å². The highest BCUT2D eigenvalue weighted by atomic mass is 16.6. The number of β-amino-alcohol motifs (C(OH)–C–C–N with tert-alkyl or cyclic N) is 1. The molecule has 22 heavy (non-hydrogen) atoms. The van der Waals surface area contributed by atoms with Gasteiger partial charge >= 0.3 is 11.9 Å². The summed E-state index contributed by atoms with van der Waals surface area (Å²) < 4.78 is 10.4. The molecule has 0 aliphatic carbocycles. The molecule has 0 radical (unpaired) electrons. The maximum atomic E-state index is 12.4. The number of carbonyl (C=O) groups is 2. The number of hydrogen-bond acceptors (Lipinski definition) is 6. The lowest BCUT2D eigenvalue weighted by atomic mass is 9.93. The first-order valence-electron chi connectivity index (χ1n) is 7.94. The Labute approximate surface area is 132 Å². The number of nitrogens with zero attached hydrogens (tertiary/aromatic N) is 1. The van der Waals surface area contributed by atoms with Crippen molar-refractivity contribution in [3.05, 3.63) is 0 Å². The highest BCUT2D eigenvalue weighted by Gasteiger charge is 2.38. The third-order valence-corrected chi connectivity index (χ3v) is 3.56. The maximum Gasteiger partial charge on any atom is 0.321 e. The Kier molecular flexibility index (Phi) is 6.81. The lowest BCUT2D eigenvalue weighted by Crippen LogP contribution is -2.41. The van der Waals surface area contributed by atoms with E-state index in [0.717, 1.165) is 13.0 Å². The lowest BCUT2D eigenvalue weighted by Gasteiger charge is -2.28. The number of ether oxygens (including phenoxy) is 2. The average molecular weight is 315 g/mol. The Morgan fingerprint density at radius 1 is 1.32 bits per heavy atom. The number of likely N-dealkylation sites (tertiary alicyclic amines) is 1. The second-order valence-corrected chi connectivity index (χ2v) is 6.94. The summed E-state index contributed by atoms with van der Waals surface area (Å²) in [7, 11) is 0. The summed E-state index contributed by atoms with van der Waals surface area (Å²) in [6.07, 6.45) is 0.401. The molecule has 0 aromatic carbocycles. The van der Waals surface area contributed by atoms with Gasteiger partial charge in [-0.2, -0.15) is 0 Å². The second-order valence-electron chi connectivity index (χ2n) is 6.94. The molecule has 128 valence electrons. The van der Waals surface area contributed by atoms with Gasteiger partial charge in [0, 0.05) is 19.6 Å².